The SMILES string of the molecule is O=C(CCC(CP(=O)(CC(CCC(=O)OCc1ccccc1)C(=O)OCc1ccccc1)OCc1ccccc1)C(=O)OCc1ccccc1)OCc1ccccc1. The van der Waals surface area contributed by atoms with Gasteiger partial charge in [-0.15, -0.1) is 0 Å². The van der Waals surface area contributed by atoms with E-state index in [-0.39, 0.29) is 71.0 Å². The van der Waals surface area contributed by atoms with Crippen molar-refractivity contribution in [1.29, 1.82) is 0 Å². The molecule has 11 heteroatoms. The van der Waals surface area contributed by atoms with E-state index in [1.54, 1.807) is 0 Å². The summed E-state index contributed by atoms with van der Waals surface area (Å²) in [6.07, 6.45) is -1.08. The molecular formula is C47H49O10P. The molecule has 5 aromatic carbocycles. The van der Waals surface area contributed by atoms with Crippen LogP contribution in [0.5, 0.6) is 0 Å². The molecular weight excluding hydrogens is 755 g/mol. The maximum Gasteiger partial charge on any atom is 0.309 e. The number of esters is 4. The number of carbonyl (C=O) groups excluding carboxylic acids is 4. The van der Waals surface area contributed by atoms with Crippen LogP contribution in [0.4, 0.5) is 0 Å². The van der Waals surface area contributed by atoms with Gasteiger partial charge in [0, 0.05) is 25.2 Å². The highest BCUT2D eigenvalue weighted by atomic mass is 31.2. The third kappa shape index (κ3) is 15.6. The smallest absolute Gasteiger partial charge is 0.309 e. The zero-order valence-corrected chi connectivity index (χ0v) is 33.3. The molecule has 0 N–H and O–H groups in total. The fraction of sp³-hybridized carbons (Fsp3) is 0.277. The van der Waals surface area contributed by atoms with Crippen LogP contribution < -0.4 is 0 Å². The third-order valence-corrected chi connectivity index (χ3v) is 11.9. The standard InChI is InChI=1S/C47H49O10P/c48-44(53-30-37-16-6-1-7-17-37)28-26-42(46(50)55-32-39-20-10-3-11-21-39)35-58(52,57-34-41-24-14-5-15-25-41)36-43(47(51)56-33-40-22-12-4-13-23-40)27-29-45(49)54-31-38-18-8-2-9-19-38/h1-25,42-43H,26-36H2. The summed E-state index contributed by atoms with van der Waals surface area (Å²) in [5, 5.41) is 0. The van der Waals surface area contributed by atoms with Gasteiger partial charge >= 0.3 is 23.9 Å². The van der Waals surface area contributed by atoms with Gasteiger partial charge in [-0.2, -0.15) is 0 Å². The molecule has 0 aromatic heterocycles. The van der Waals surface area contributed by atoms with E-state index in [0.717, 1.165) is 27.8 Å². The largest absolute Gasteiger partial charge is 0.461 e. The highest BCUT2D eigenvalue weighted by Crippen LogP contribution is 2.52. The molecule has 0 heterocycles. The fourth-order valence-electron chi connectivity index (χ4n) is 6.08. The number of hydrogen-bond donors (Lipinski definition) is 0. The second-order valence-corrected chi connectivity index (χ2v) is 16.5. The van der Waals surface area contributed by atoms with Crippen LogP contribution in [0.1, 0.15) is 53.5 Å². The van der Waals surface area contributed by atoms with Crippen molar-refractivity contribution in [3.63, 3.8) is 0 Å². The van der Waals surface area contributed by atoms with E-state index in [9.17, 15) is 19.2 Å². The van der Waals surface area contributed by atoms with Crippen LogP contribution in [-0.2, 0) is 80.2 Å². The molecule has 0 aliphatic heterocycles. The van der Waals surface area contributed by atoms with Crippen molar-refractivity contribution in [2.24, 2.45) is 11.8 Å². The van der Waals surface area contributed by atoms with Crippen LogP contribution in [0.25, 0.3) is 0 Å². The Labute approximate surface area is 339 Å². The van der Waals surface area contributed by atoms with Gasteiger partial charge < -0.3 is 23.5 Å². The predicted molar refractivity (Wildman–Crippen MR) is 219 cm³/mol. The Hall–Kier alpha value is -5.83. The zero-order valence-electron chi connectivity index (χ0n) is 32.4. The van der Waals surface area contributed by atoms with E-state index >= 15 is 4.57 Å². The quantitative estimate of drug-likeness (QED) is 0.0358. The molecule has 0 amide bonds. The normalized spacial score (nSPS) is 13.0. The minimum absolute atomic E-state index is 0.0384. The second-order valence-electron chi connectivity index (χ2n) is 13.9. The first-order chi connectivity index (χ1) is 28.2. The third-order valence-electron chi connectivity index (χ3n) is 9.30. The molecule has 0 radical (unpaired) electrons. The lowest BCUT2D eigenvalue weighted by Gasteiger charge is -2.26. The molecule has 302 valence electrons. The first-order valence-corrected chi connectivity index (χ1v) is 21.3. The molecule has 0 aliphatic rings. The summed E-state index contributed by atoms with van der Waals surface area (Å²) < 4.78 is 43.9. The van der Waals surface area contributed by atoms with E-state index in [1.165, 1.54) is 0 Å². The minimum atomic E-state index is -3.95. The van der Waals surface area contributed by atoms with E-state index in [2.05, 4.69) is 0 Å². The molecule has 5 rings (SSSR count). The molecule has 5 aromatic rings. The first kappa shape index (κ1) is 43.3. The minimum Gasteiger partial charge on any atom is -0.461 e. The van der Waals surface area contributed by atoms with Gasteiger partial charge in [-0.3, -0.25) is 23.7 Å². The molecule has 2 atom stereocenters. The van der Waals surface area contributed by atoms with Gasteiger partial charge in [-0.05, 0) is 40.7 Å². The van der Waals surface area contributed by atoms with E-state index in [4.69, 9.17) is 23.5 Å². The fourth-order valence-corrected chi connectivity index (χ4v) is 8.83. The van der Waals surface area contributed by atoms with Crippen LogP contribution >= 0.6 is 7.37 Å². The number of rotatable bonds is 23. The van der Waals surface area contributed by atoms with E-state index < -0.39 is 43.1 Å². The molecule has 0 fully saturated rings. The van der Waals surface area contributed by atoms with Crippen LogP contribution in [0.3, 0.4) is 0 Å². The van der Waals surface area contributed by atoms with E-state index in [1.807, 2.05) is 152 Å². The second kappa shape index (κ2) is 23.4. The average molecular weight is 805 g/mol. The van der Waals surface area contributed by atoms with Gasteiger partial charge in [0.2, 0.25) is 7.37 Å². The number of ether oxygens (including phenoxy) is 4. The van der Waals surface area contributed by atoms with Crippen LogP contribution in [0.2, 0.25) is 0 Å². The molecule has 0 saturated heterocycles. The van der Waals surface area contributed by atoms with Crippen molar-refractivity contribution in [3.05, 3.63) is 179 Å². The summed E-state index contributed by atoms with van der Waals surface area (Å²) >= 11 is 0. The summed E-state index contributed by atoms with van der Waals surface area (Å²) in [4.78, 5) is 53.6. The van der Waals surface area contributed by atoms with Crippen molar-refractivity contribution >= 4 is 31.2 Å². The Morgan fingerprint density at radius 2 is 0.672 bits per heavy atom. The molecule has 0 bridgehead atoms. The van der Waals surface area contributed by atoms with Gasteiger partial charge in [0.25, 0.3) is 0 Å². The Morgan fingerprint density at radius 1 is 0.397 bits per heavy atom. The molecule has 10 nitrogen and oxygen atoms in total. The number of hydrogen-bond acceptors (Lipinski definition) is 10. The zero-order chi connectivity index (χ0) is 40.8. The van der Waals surface area contributed by atoms with Crippen molar-refractivity contribution in [1.82, 2.24) is 0 Å². The molecule has 0 saturated carbocycles. The van der Waals surface area contributed by atoms with Gasteiger partial charge in [-0.1, -0.05) is 152 Å². The Morgan fingerprint density at radius 3 is 0.983 bits per heavy atom. The van der Waals surface area contributed by atoms with Gasteiger partial charge in [-0.25, -0.2) is 0 Å². The monoisotopic (exact) mass is 804 g/mol. The predicted octanol–water partition coefficient (Wildman–Crippen LogP) is 9.25. The van der Waals surface area contributed by atoms with Crippen LogP contribution in [0.15, 0.2) is 152 Å². The topological polar surface area (TPSA) is 132 Å². The Kier molecular flexibility index (Phi) is 17.5. The number of benzene rings is 5. The molecule has 58 heavy (non-hydrogen) atoms. The summed E-state index contributed by atoms with van der Waals surface area (Å²) in [6, 6.07) is 45.8. The van der Waals surface area contributed by atoms with Crippen LogP contribution in [0, 0.1) is 11.8 Å². The van der Waals surface area contributed by atoms with Crippen LogP contribution in [-0.4, -0.2) is 36.2 Å². The average Bonchev–Trinajstić information content (AvgIpc) is 3.27. The molecule has 0 aliphatic carbocycles. The van der Waals surface area contributed by atoms with Crippen molar-refractivity contribution < 1.29 is 47.2 Å². The maximum atomic E-state index is 15.2. The van der Waals surface area contributed by atoms with Crippen molar-refractivity contribution in [2.45, 2.75) is 58.7 Å². The van der Waals surface area contributed by atoms with Gasteiger partial charge in [0.15, 0.2) is 0 Å². The van der Waals surface area contributed by atoms with Crippen molar-refractivity contribution in [3.8, 4) is 0 Å². The van der Waals surface area contributed by atoms with E-state index in [0.29, 0.717) is 0 Å². The first-order valence-electron chi connectivity index (χ1n) is 19.3. The molecule has 0 spiro atoms. The van der Waals surface area contributed by atoms with Gasteiger partial charge in [0.05, 0.1) is 18.4 Å². The lowest BCUT2D eigenvalue weighted by Crippen LogP contribution is -2.28. The summed E-state index contributed by atoms with van der Waals surface area (Å²) in [7, 11) is -3.95. The molecule has 2 unspecified atom stereocenters. The maximum absolute atomic E-state index is 15.2. The van der Waals surface area contributed by atoms with Gasteiger partial charge in [0.1, 0.15) is 26.4 Å². The summed E-state index contributed by atoms with van der Waals surface area (Å²) in [5.74, 6) is -4.55. The highest BCUT2D eigenvalue weighted by molar-refractivity contribution is 7.59. The summed E-state index contributed by atoms with van der Waals surface area (Å²) in [5.41, 5.74) is 3.84. The lowest BCUT2D eigenvalue weighted by molar-refractivity contribution is -0.151. The summed E-state index contributed by atoms with van der Waals surface area (Å²) in [6.45, 7) is -0.0371. The Bertz CT molecular complexity index is 1920. The van der Waals surface area contributed by atoms with Crippen molar-refractivity contribution in [2.75, 3.05) is 12.3 Å². The lowest BCUT2D eigenvalue weighted by atomic mass is 10.1. The number of carbonyl (C=O) groups is 4. The highest BCUT2D eigenvalue weighted by Gasteiger charge is 2.38. The Balaban J connectivity index is 1.36.